The predicted molar refractivity (Wildman–Crippen MR) is 123 cm³/mol. The lowest BCUT2D eigenvalue weighted by molar-refractivity contribution is 0.100. The summed E-state index contributed by atoms with van der Waals surface area (Å²) in [6.07, 6.45) is 4.39. The second-order valence-electron chi connectivity index (χ2n) is 7.52. The molecule has 0 radical (unpaired) electrons. The van der Waals surface area contributed by atoms with Crippen LogP contribution in [0, 0.1) is 12.7 Å². The van der Waals surface area contributed by atoms with Crippen LogP contribution in [0.1, 0.15) is 16.1 Å². The summed E-state index contributed by atoms with van der Waals surface area (Å²) in [7, 11) is 0. The van der Waals surface area contributed by atoms with Crippen molar-refractivity contribution >= 4 is 22.6 Å². The number of nitrogen functional groups attached to an aromatic ring is 1. The third-order valence-electron chi connectivity index (χ3n) is 5.41. The highest BCUT2D eigenvalue weighted by atomic mass is 19.1. The number of rotatable bonds is 4. The lowest BCUT2D eigenvalue weighted by Gasteiger charge is -2.15. The van der Waals surface area contributed by atoms with E-state index in [-0.39, 0.29) is 17.2 Å². The molecule has 5 rings (SSSR count). The Balaban J connectivity index is 1.76. The van der Waals surface area contributed by atoms with E-state index in [1.54, 1.807) is 12.1 Å². The van der Waals surface area contributed by atoms with E-state index in [0.29, 0.717) is 16.9 Å². The zero-order valence-electron chi connectivity index (χ0n) is 17.5. The zero-order chi connectivity index (χ0) is 23.1. The molecule has 0 aliphatic rings. The molecule has 162 valence electrons. The summed E-state index contributed by atoms with van der Waals surface area (Å²) in [6.45, 7) is 1.91. The average molecular weight is 439 g/mol. The number of nitrogens with two attached hydrogens (primary N) is 2. The number of anilines is 1. The minimum atomic E-state index is -0.596. The lowest BCUT2D eigenvalue weighted by Crippen LogP contribution is -2.10. The molecule has 0 saturated heterocycles. The van der Waals surface area contributed by atoms with E-state index >= 15 is 0 Å². The van der Waals surface area contributed by atoms with Crippen LogP contribution >= 0.6 is 0 Å². The lowest BCUT2D eigenvalue weighted by atomic mass is 9.97. The Bertz CT molecular complexity index is 1530. The van der Waals surface area contributed by atoms with E-state index in [1.165, 1.54) is 35.5 Å². The molecule has 3 aromatic heterocycles. The molecule has 0 unspecified atom stereocenters. The van der Waals surface area contributed by atoms with Crippen LogP contribution in [0.25, 0.3) is 39.0 Å². The van der Waals surface area contributed by atoms with Crippen LogP contribution in [0.5, 0.6) is 0 Å². The molecule has 9 heteroatoms. The van der Waals surface area contributed by atoms with Gasteiger partial charge in [-0.25, -0.2) is 24.0 Å². The van der Waals surface area contributed by atoms with Gasteiger partial charge in [0.2, 0.25) is 0 Å². The van der Waals surface area contributed by atoms with Crippen molar-refractivity contribution in [2.24, 2.45) is 5.73 Å². The van der Waals surface area contributed by atoms with Gasteiger partial charge in [0, 0.05) is 28.4 Å². The van der Waals surface area contributed by atoms with Crippen molar-refractivity contribution in [2.45, 2.75) is 6.92 Å². The molecule has 33 heavy (non-hydrogen) atoms. The van der Waals surface area contributed by atoms with Crippen LogP contribution < -0.4 is 11.5 Å². The molecular formula is C24H18FN7O. The Morgan fingerprint density at radius 1 is 1.03 bits per heavy atom. The molecule has 0 aliphatic heterocycles. The second-order valence-corrected chi connectivity index (χ2v) is 7.52. The number of fused-ring (bicyclic) bond motifs is 1. The van der Waals surface area contributed by atoms with E-state index in [2.05, 4.69) is 20.1 Å². The summed E-state index contributed by atoms with van der Waals surface area (Å²) in [4.78, 5) is 24.8. The maximum Gasteiger partial charge on any atom is 0.251 e. The topological polar surface area (TPSA) is 126 Å². The van der Waals surface area contributed by atoms with Crippen molar-refractivity contribution in [3.63, 3.8) is 0 Å². The van der Waals surface area contributed by atoms with Gasteiger partial charge >= 0.3 is 0 Å². The first-order valence-corrected chi connectivity index (χ1v) is 10.0. The van der Waals surface area contributed by atoms with Crippen LogP contribution in [0.15, 0.2) is 67.3 Å². The van der Waals surface area contributed by atoms with Crippen molar-refractivity contribution in [1.82, 2.24) is 24.7 Å². The van der Waals surface area contributed by atoms with E-state index < -0.39 is 5.91 Å². The van der Waals surface area contributed by atoms with Crippen molar-refractivity contribution < 1.29 is 9.18 Å². The number of amides is 1. The number of pyridine rings is 1. The summed E-state index contributed by atoms with van der Waals surface area (Å²) in [5, 5.41) is 5.10. The minimum absolute atomic E-state index is 0.192. The molecule has 0 aliphatic carbocycles. The number of carbonyl (C=O) groups is 1. The van der Waals surface area contributed by atoms with Crippen molar-refractivity contribution in [3.8, 4) is 28.1 Å². The Labute approximate surface area is 187 Å². The molecule has 1 amide bonds. The molecule has 5 aromatic rings. The molecule has 3 heterocycles. The van der Waals surface area contributed by atoms with E-state index in [0.717, 1.165) is 27.7 Å². The third-order valence-corrected chi connectivity index (χ3v) is 5.41. The van der Waals surface area contributed by atoms with Gasteiger partial charge in [-0.3, -0.25) is 4.79 Å². The monoisotopic (exact) mass is 439 g/mol. The van der Waals surface area contributed by atoms with Crippen LogP contribution in [0.2, 0.25) is 0 Å². The Kier molecular flexibility index (Phi) is 4.78. The molecule has 2 aromatic carbocycles. The predicted octanol–water partition coefficient (Wildman–Crippen LogP) is 3.67. The first kappa shape index (κ1) is 20.3. The normalized spacial score (nSPS) is 11.1. The highest BCUT2D eigenvalue weighted by molar-refractivity contribution is 5.93. The number of nitrogens with zero attached hydrogens (tertiary/aromatic N) is 5. The number of aryl methyl sites for hydroxylation is 1. The molecule has 8 nitrogen and oxygen atoms in total. The molecular weight excluding hydrogens is 421 g/mol. The Hall–Kier alpha value is -4.66. The highest BCUT2D eigenvalue weighted by Crippen LogP contribution is 2.36. The smallest absolute Gasteiger partial charge is 0.251 e. The van der Waals surface area contributed by atoms with Crippen LogP contribution in [0.3, 0.4) is 0 Å². The molecule has 4 N–H and O–H groups in total. The molecule has 0 spiro atoms. The van der Waals surface area contributed by atoms with Gasteiger partial charge < -0.3 is 11.5 Å². The summed E-state index contributed by atoms with van der Waals surface area (Å²) >= 11 is 0. The zero-order valence-corrected chi connectivity index (χ0v) is 17.5. The highest BCUT2D eigenvalue weighted by Gasteiger charge is 2.17. The number of aromatic nitrogens is 5. The molecule has 0 atom stereocenters. The van der Waals surface area contributed by atoms with Crippen LogP contribution in [0.4, 0.5) is 10.2 Å². The molecule has 0 bridgehead atoms. The van der Waals surface area contributed by atoms with Crippen molar-refractivity contribution in [1.29, 1.82) is 0 Å². The van der Waals surface area contributed by atoms with Gasteiger partial charge in [-0.2, -0.15) is 5.10 Å². The first-order chi connectivity index (χ1) is 15.9. The summed E-state index contributed by atoms with van der Waals surface area (Å²) < 4.78 is 15.0. The standard InChI is InChI=1S/C24H18FN7O/c1-13-18-8-15(4-7-20(18)29-12-28-13)19-9-21(32-11-16(10-30-32)24(27)33)23(26)31-22(19)14-2-5-17(25)6-3-14/h2-12H,1H3,(H2,26,31)(H2,27,33). The molecule has 0 saturated carbocycles. The number of benzene rings is 2. The second kappa shape index (κ2) is 7.79. The Morgan fingerprint density at radius 3 is 2.52 bits per heavy atom. The SMILES string of the molecule is Cc1ncnc2ccc(-c3cc(-n4cc(C(N)=O)cn4)c(N)nc3-c3ccc(F)cc3)cc12. The summed E-state index contributed by atoms with van der Waals surface area (Å²) in [5.74, 6) is -0.752. The Morgan fingerprint density at radius 2 is 1.79 bits per heavy atom. The van der Waals surface area contributed by atoms with Gasteiger partial charge in [-0.05, 0) is 55.0 Å². The van der Waals surface area contributed by atoms with Gasteiger partial charge in [0.15, 0.2) is 0 Å². The summed E-state index contributed by atoms with van der Waals surface area (Å²) in [6, 6.07) is 13.7. The maximum absolute atomic E-state index is 13.6. The quantitative estimate of drug-likeness (QED) is 0.440. The first-order valence-electron chi connectivity index (χ1n) is 10.0. The van der Waals surface area contributed by atoms with Gasteiger partial charge in [0.25, 0.3) is 5.91 Å². The third kappa shape index (κ3) is 3.65. The minimum Gasteiger partial charge on any atom is -0.382 e. The fourth-order valence-corrected chi connectivity index (χ4v) is 3.68. The fourth-order valence-electron chi connectivity index (χ4n) is 3.68. The van der Waals surface area contributed by atoms with Crippen molar-refractivity contribution in [3.05, 3.63) is 84.3 Å². The number of halogens is 1. The average Bonchev–Trinajstić information content (AvgIpc) is 3.30. The fraction of sp³-hybridized carbons (Fsp3) is 0.0417. The van der Waals surface area contributed by atoms with Crippen LogP contribution in [-0.4, -0.2) is 30.6 Å². The number of hydrogen-bond donors (Lipinski definition) is 2. The van der Waals surface area contributed by atoms with Gasteiger partial charge in [-0.1, -0.05) is 6.07 Å². The van der Waals surface area contributed by atoms with Crippen LogP contribution in [-0.2, 0) is 0 Å². The molecule has 0 fully saturated rings. The summed E-state index contributed by atoms with van der Waals surface area (Å²) in [5.41, 5.74) is 16.9. The van der Waals surface area contributed by atoms with Crippen molar-refractivity contribution in [2.75, 3.05) is 5.73 Å². The van der Waals surface area contributed by atoms with Gasteiger partial charge in [0.05, 0.1) is 23.0 Å². The van der Waals surface area contributed by atoms with E-state index in [4.69, 9.17) is 11.5 Å². The van der Waals surface area contributed by atoms with E-state index in [9.17, 15) is 9.18 Å². The number of hydrogen-bond acceptors (Lipinski definition) is 6. The van der Waals surface area contributed by atoms with Gasteiger partial charge in [-0.15, -0.1) is 0 Å². The van der Waals surface area contributed by atoms with Gasteiger partial charge in [0.1, 0.15) is 23.6 Å². The largest absolute Gasteiger partial charge is 0.382 e. The maximum atomic E-state index is 13.6. The number of primary amides is 1. The number of carbonyl (C=O) groups excluding carboxylic acids is 1. The van der Waals surface area contributed by atoms with E-state index in [1.807, 2.05) is 31.2 Å².